The van der Waals surface area contributed by atoms with Gasteiger partial charge in [0.05, 0.1) is 12.8 Å². The Morgan fingerprint density at radius 2 is 2.50 bits per heavy atom. The van der Waals surface area contributed by atoms with Gasteiger partial charge in [-0.15, -0.1) is 0 Å². The van der Waals surface area contributed by atoms with Gasteiger partial charge in [-0.2, -0.15) is 0 Å². The lowest BCUT2D eigenvalue weighted by molar-refractivity contribution is 0.0536. The van der Waals surface area contributed by atoms with E-state index in [-0.39, 0.29) is 0 Å². The number of ether oxygens (including phenoxy) is 1. The molecule has 0 amide bonds. The van der Waals surface area contributed by atoms with Gasteiger partial charge in [0.1, 0.15) is 0 Å². The van der Waals surface area contributed by atoms with Crippen molar-refractivity contribution in [3.05, 3.63) is 0 Å². The Morgan fingerprint density at radius 3 is 3.17 bits per heavy atom. The van der Waals surface area contributed by atoms with Crippen molar-refractivity contribution < 1.29 is 4.74 Å². The first-order valence-corrected chi connectivity index (χ1v) is 4.96. The predicted octanol–water partition coefficient (Wildman–Crippen LogP) is 0.712. The van der Waals surface area contributed by atoms with Gasteiger partial charge < -0.3 is 10.1 Å². The summed E-state index contributed by atoms with van der Waals surface area (Å²) in [6, 6.07) is 0. The monoisotopic (exact) mass is 172 g/mol. The molecule has 1 aliphatic heterocycles. The Kier molecular flexibility index (Phi) is 5.32. The van der Waals surface area contributed by atoms with Gasteiger partial charge >= 0.3 is 0 Å². The van der Waals surface area contributed by atoms with Crippen LogP contribution in [0.25, 0.3) is 0 Å². The third kappa shape index (κ3) is 4.04. The van der Waals surface area contributed by atoms with E-state index in [1.54, 1.807) is 0 Å². The van der Waals surface area contributed by atoms with Crippen LogP contribution in [-0.2, 0) is 4.74 Å². The van der Waals surface area contributed by atoms with Crippen molar-refractivity contribution in [3.63, 3.8) is 0 Å². The zero-order valence-corrected chi connectivity index (χ0v) is 7.94. The maximum atomic E-state index is 5.58. The molecule has 0 radical (unpaired) electrons. The molecule has 0 saturated carbocycles. The fourth-order valence-electron chi connectivity index (χ4n) is 1.32. The molecule has 0 spiro atoms. The lowest BCUT2D eigenvalue weighted by Gasteiger charge is -2.10. The molecule has 1 atom stereocenters. The first kappa shape index (κ1) is 9.96. The molecule has 0 aliphatic carbocycles. The largest absolute Gasteiger partial charge is 0.362 e. The van der Waals surface area contributed by atoms with Gasteiger partial charge in [0, 0.05) is 6.54 Å². The minimum atomic E-state index is 0.444. The van der Waals surface area contributed by atoms with Crippen molar-refractivity contribution in [2.75, 3.05) is 26.4 Å². The number of hydrogen-bond acceptors (Lipinski definition) is 3. The molecule has 0 bridgehead atoms. The molecule has 12 heavy (non-hydrogen) atoms. The highest BCUT2D eigenvalue weighted by molar-refractivity contribution is 4.70. The van der Waals surface area contributed by atoms with Crippen LogP contribution in [0.4, 0.5) is 0 Å². The molecule has 0 aromatic carbocycles. The second kappa shape index (κ2) is 6.40. The lowest BCUT2D eigenvalue weighted by Crippen LogP contribution is -2.25. The maximum absolute atomic E-state index is 5.58. The van der Waals surface area contributed by atoms with Crippen molar-refractivity contribution in [2.45, 2.75) is 32.3 Å². The van der Waals surface area contributed by atoms with Crippen LogP contribution >= 0.6 is 0 Å². The van der Waals surface area contributed by atoms with E-state index in [9.17, 15) is 0 Å². The molecule has 3 heteroatoms. The molecule has 3 nitrogen and oxygen atoms in total. The van der Waals surface area contributed by atoms with Gasteiger partial charge in [-0.1, -0.05) is 13.3 Å². The van der Waals surface area contributed by atoms with Crippen LogP contribution in [0.15, 0.2) is 0 Å². The Balaban J connectivity index is 1.81. The Bertz CT molecular complexity index is 103. The summed E-state index contributed by atoms with van der Waals surface area (Å²) in [4.78, 5) is 0. The molecule has 0 aromatic rings. The number of rotatable bonds is 6. The maximum Gasteiger partial charge on any atom is 0.0969 e. The summed E-state index contributed by atoms with van der Waals surface area (Å²) in [5.74, 6) is 0. The molecular formula is C9H20N2O. The summed E-state index contributed by atoms with van der Waals surface area (Å²) >= 11 is 0. The molecule has 1 fully saturated rings. The van der Waals surface area contributed by atoms with Crippen LogP contribution in [0.5, 0.6) is 0 Å². The Labute approximate surface area is 74.9 Å². The molecule has 72 valence electrons. The zero-order chi connectivity index (χ0) is 8.65. The Hall–Kier alpha value is -0.120. The van der Waals surface area contributed by atoms with E-state index in [2.05, 4.69) is 17.6 Å². The average Bonchev–Trinajstić information content (AvgIpc) is 2.57. The average molecular weight is 172 g/mol. The smallest absolute Gasteiger partial charge is 0.0969 e. The molecular weight excluding hydrogens is 152 g/mol. The third-order valence-electron chi connectivity index (χ3n) is 2.14. The van der Waals surface area contributed by atoms with Gasteiger partial charge in [0.15, 0.2) is 0 Å². The van der Waals surface area contributed by atoms with Crippen LogP contribution in [0, 0.1) is 0 Å². The van der Waals surface area contributed by atoms with Crippen molar-refractivity contribution in [2.24, 2.45) is 0 Å². The predicted molar refractivity (Wildman–Crippen MR) is 50.1 cm³/mol. The third-order valence-corrected chi connectivity index (χ3v) is 2.14. The summed E-state index contributed by atoms with van der Waals surface area (Å²) in [6.45, 7) is 6.13. The highest BCUT2D eigenvalue weighted by atomic mass is 16.5. The topological polar surface area (TPSA) is 33.3 Å². The van der Waals surface area contributed by atoms with Crippen LogP contribution in [-0.4, -0.2) is 32.5 Å². The lowest BCUT2D eigenvalue weighted by atomic mass is 10.3. The van der Waals surface area contributed by atoms with E-state index in [0.717, 1.165) is 26.1 Å². The van der Waals surface area contributed by atoms with E-state index in [0.29, 0.717) is 12.8 Å². The summed E-state index contributed by atoms with van der Waals surface area (Å²) in [5.41, 5.74) is 0. The van der Waals surface area contributed by atoms with E-state index in [1.165, 1.54) is 12.8 Å². The van der Waals surface area contributed by atoms with Crippen LogP contribution < -0.4 is 10.6 Å². The summed E-state index contributed by atoms with van der Waals surface area (Å²) in [6.07, 6.45) is 4.10. The Morgan fingerprint density at radius 1 is 1.58 bits per heavy atom. The van der Waals surface area contributed by atoms with Crippen molar-refractivity contribution >= 4 is 0 Å². The van der Waals surface area contributed by atoms with E-state index in [4.69, 9.17) is 4.74 Å². The van der Waals surface area contributed by atoms with Crippen molar-refractivity contribution in [3.8, 4) is 0 Å². The molecule has 1 aliphatic rings. The van der Waals surface area contributed by atoms with E-state index in [1.807, 2.05) is 0 Å². The van der Waals surface area contributed by atoms with Gasteiger partial charge in [-0.25, -0.2) is 0 Å². The summed E-state index contributed by atoms with van der Waals surface area (Å²) in [7, 11) is 0. The van der Waals surface area contributed by atoms with Gasteiger partial charge in [-0.05, 0) is 25.9 Å². The van der Waals surface area contributed by atoms with Crippen LogP contribution in [0.3, 0.4) is 0 Å². The number of nitrogens with one attached hydrogen (secondary N) is 2. The zero-order valence-electron chi connectivity index (χ0n) is 7.94. The SMILES string of the molecule is CCCCNCO[C@@H]1CCNC1. The molecule has 2 N–H and O–H groups in total. The highest BCUT2D eigenvalue weighted by Crippen LogP contribution is 2.01. The van der Waals surface area contributed by atoms with Crippen LogP contribution in [0.2, 0.25) is 0 Å². The van der Waals surface area contributed by atoms with E-state index >= 15 is 0 Å². The second-order valence-corrected chi connectivity index (χ2v) is 3.28. The number of hydrogen-bond donors (Lipinski definition) is 2. The molecule has 0 unspecified atom stereocenters. The quantitative estimate of drug-likeness (QED) is 0.457. The summed E-state index contributed by atoms with van der Waals surface area (Å²) < 4.78 is 5.58. The van der Waals surface area contributed by atoms with Gasteiger partial charge in [0.2, 0.25) is 0 Å². The van der Waals surface area contributed by atoms with Gasteiger partial charge in [-0.3, -0.25) is 5.32 Å². The molecule has 0 aromatic heterocycles. The van der Waals surface area contributed by atoms with Gasteiger partial charge in [0.25, 0.3) is 0 Å². The number of unbranched alkanes of at least 4 members (excludes halogenated alkanes) is 1. The van der Waals surface area contributed by atoms with Crippen molar-refractivity contribution in [1.29, 1.82) is 0 Å². The molecule has 1 rings (SSSR count). The highest BCUT2D eigenvalue weighted by Gasteiger charge is 2.13. The normalized spacial score (nSPS) is 23.2. The first-order valence-electron chi connectivity index (χ1n) is 4.96. The minimum absolute atomic E-state index is 0.444. The standard InChI is InChI=1S/C9H20N2O/c1-2-3-5-11-8-12-9-4-6-10-7-9/h9-11H,2-8H2,1H3/t9-/m1/s1. The van der Waals surface area contributed by atoms with E-state index < -0.39 is 0 Å². The fraction of sp³-hybridized carbons (Fsp3) is 1.00. The van der Waals surface area contributed by atoms with Crippen LogP contribution in [0.1, 0.15) is 26.2 Å². The first-order chi connectivity index (χ1) is 5.93. The summed E-state index contributed by atoms with van der Waals surface area (Å²) in [5, 5.41) is 6.53. The molecule has 1 saturated heterocycles. The second-order valence-electron chi connectivity index (χ2n) is 3.28. The fourth-order valence-corrected chi connectivity index (χ4v) is 1.32. The minimum Gasteiger partial charge on any atom is -0.362 e. The van der Waals surface area contributed by atoms with Crippen molar-refractivity contribution in [1.82, 2.24) is 10.6 Å². The molecule has 1 heterocycles.